The van der Waals surface area contributed by atoms with Crippen LogP contribution in [0.4, 0.5) is 5.69 Å². The van der Waals surface area contributed by atoms with Crippen LogP contribution in [0.25, 0.3) is 0 Å². The Morgan fingerprint density at radius 3 is 2.55 bits per heavy atom. The number of β-amino-alcohol motifs (C(OH)–C–C–N with tert-alkyl or cyclic N) is 1. The normalized spacial score (nSPS) is 14.3. The van der Waals surface area contributed by atoms with Gasteiger partial charge in [0.2, 0.25) is 0 Å². The highest BCUT2D eigenvalue weighted by molar-refractivity contribution is 6.44. The topological polar surface area (TPSA) is 107 Å². The first-order chi connectivity index (χ1) is 10.3. The van der Waals surface area contributed by atoms with Crippen LogP contribution in [0.15, 0.2) is 23.9 Å². The largest absolute Gasteiger partial charge is 0.478 e. The summed E-state index contributed by atoms with van der Waals surface area (Å²) < 4.78 is 0. The molecular formula is C13H10Cl2N2O5. The molecule has 0 bridgehead atoms. The highest BCUT2D eigenvalue weighted by Crippen LogP contribution is 2.33. The highest BCUT2D eigenvalue weighted by atomic mass is 35.5. The molecule has 1 aromatic carbocycles. The highest BCUT2D eigenvalue weighted by Gasteiger charge is 2.31. The fraction of sp³-hybridized carbons (Fsp3) is 0.154. The summed E-state index contributed by atoms with van der Waals surface area (Å²) in [4.78, 5) is 35.5. The minimum Gasteiger partial charge on any atom is -0.478 e. The lowest BCUT2D eigenvalue weighted by atomic mass is 10.2. The number of nitrogens with zero attached hydrogens (tertiary/aromatic N) is 1. The Morgan fingerprint density at radius 2 is 1.95 bits per heavy atom. The Kier molecular flexibility index (Phi) is 4.70. The molecule has 0 atom stereocenters. The first kappa shape index (κ1) is 16.3. The van der Waals surface area contributed by atoms with Crippen molar-refractivity contribution in [1.82, 2.24) is 4.90 Å². The summed E-state index contributed by atoms with van der Waals surface area (Å²) in [6.45, 7) is -0.497. The van der Waals surface area contributed by atoms with Crippen LogP contribution in [-0.2, 0) is 9.59 Å². The number of anilines is 1. The number of hydrogen-bond donors (Lipinski definition) is 3. The van der Waals surface area contributed by atoms with Gasteiger partial charge in [0.15, 0.2) is 0 Å². The molecule has 1 heterocycles. The number of imide groups is 1. The molecule has 0 aromatic heterocycles. The number of carbonyl (C=O) groups excluding carboxylic acids is 2. The van der Waals surface area contributed by atoms with E-state index >= 15 is 0 Å². The van der Waals surface area contributed by atoms with Gasteiger partial charge >= 0.3 is 5.97 Å². The molecule has 0 aliphatic carbocycles. The zero-order chi connectivity index (χ0) is 16.4. The van der Waals surface area contributed by atoms with Gasteiger partial charge in [-0.05, 0) is 12.1 Å². The molecule has 9 heteroatoms. The van der Waals surface area contributed by atoms with Gasteiger partial charge in [-0.15, -0.1) is 0 Å². The summed E-state index contributed by atoms with van der Waals surface area (Å²) in [6, 6.07) is 2.37. The maximum atomic E-state index is 12.0. The van der Waals surface area contributed by atoms with Gasteiger partial charge in [0.05, 0.1) is 34.4 Å². The summed E-state index contributed by atoms with van der Waals surface area (Å²) in [5.74, 6) is -2.45. The number of aliphatic hydroxyl groups is 1. The summed E-state index contributed by atoms with van der Waals surface area (Å²) >= 11 is 11.8. The van der Waals surface area contributed by atoms with Gasteiger partial charge in [-0.2, -0.15) is 0 Å². The Morgan fingerprint density at radius 1 is 1.27 bits per heavy atom. The summed E-state index contributed by atoms with van der Waals surface area (Å²) in [5, 5.41) is 20.4. The molecule has 0 unspecified atom stereocenters. The van der Waals surface area contributed by atoms with Gasteiger partial charge in [-0.3, -0.25) is 14.5 Å². The van der Waals surface area contributed by atoms with E-state index in [0.717, 1.165) is 11.0 Å². The molecule has 116 valence electrons. The van der Waals surface area contributed by atoms with Gasteiger partial charge in [-0.25, -0.2) is 4.79 Å². The molecule has 7 nitrogen and oxygen atoms in total. The molecule has 1 aliphatic heterocycles. The number of rotatable bonds is 5. The zero-order valence-electron chi connectivity index (χ0n) is 11.0. The fourth-order valence-electron chi connectivity index (χ4n) is 1.86. The molecule has 2 rings (SSSR count). The van der Waals surface area contributed by atoms with Crippen molar-refractivity contribution in [2.45, 2.75) is 0 Å². The first-order valence-electron chi connectivity index (χ1n) is 6.03. The van der Waals surface area contributed by atoms with Crippen LogP contribution in [0.2, 0.25) is 10.0 Å². The second-order valence-electron chi connectivity index (χ2n) is 4.33. The fourth-order valence-corrected chi connectivity index (χ4v) is 2.23. The van der Waals surface area contributed by atoms with Crippen molar-refractivity contribution in [2.24, 2.45) is 0 Å². The first-order valence-corrected chi connectivity index (χ1v) is 6.78. The number of carbonyl (C=O) groups is 3. The lowest BCUT2D eigenvalue weighted by Crippen LogP contribution is -2.34. The second-order valence-corrected chi connectivity index (χ2v) is 5.11. The molecule has 0 saturated heterocycles. The van der Waals surface area contributed by atoms with Gasteiger partial charge in [0.1, 0.15) is 5.70 Å². The molecule has 1 aliphatic rings. The van der Waals surface area contributed by atoms with Crippen molar-refractivity contribution in [1.29, 1.82) is 0 Å². The number of amides is 2. The average molecular weight is 345 g/mol. The summed E-state index contributed by atoms with van der Waals surface area (Å²) in [5.41, 5.74) is -0.120. The molecule has 2 amide bonds. The lowest BCUT2D eigenvalue weighted by Gasteiger charge is -2.14. The van der Waals surface area contributed by atoms with Crippen molar-refractivity contribution in [3.63, 3.8) is 0 Å². The van der Waals surface area contributed by atoms with Crippen molar-refractivity contribution in [2.75, 3.05) is 18.5 Å². The minimum atomic E-state index is -1.22. The quantitative estimate of drug-likeness (QED) is 0.696. The third-order valence-electron chi connectivity index (χ3n) is 2.88. The maximum Gasteiger partial charge on any atom is 0.335 e. The molecule has 0 saturated carbocycles. The van der Waals surface area contributed by atoms with E-state index in [4.69, 9.17) is 33.4 Å². The molecular weight excluding hydrogens is 335 g/mol. The van der Waals surface area contributed by atoms with Crippen LogP contribution in [-0.4, -0.2) is 46.0 Å². The Balaban J connectivity index is 2.32. The smallest absolute Gasteiger partial charge is 0.335 e. The van der Waals surface area contributed by atoms with Gasteiger partial charge < -0.3 is 15.5 Å². The van der Waals surface area contributed by atoms with Crippen LogP contribution < -0.4 is 5.32 Å². The van der Waals surface area contributed by atoms with E-state index < -0.39 is 17.8 Å². The van der Waals surface area contributed by atoms with Crippen LogP contribution in [0, 0.1) is 0 Å². The molecule has 0 fully saturated rings. The second kappa shape index (κ2) is 6.35. The van der Waals surface area contributed by atoms with Crippen molar-refractivity contribution in [3.05, 3.63) is 39.5 Å². The van der Waals surface area contributed by atoms with Crippen LogP contribution in [0.5, 0.6) is 0 Å². The number of aromatic carboxylic acids is 1. The number of aliphatic hydroxyl groups excluding tert-OH is 1. The van der Waals surface area contributed by atoms with Crippen LogP contribution >= 0.6 is 23.2 Å². The lowest BCUT2D eigenvalue weighted by molar-refractivity contribution is -0.137. The van der Waals surface area contributed by atoms with E-state index in [1.54, 1.807) is 0 Å². The SMILES string of the molecule is O=C(O)c1cc(Cl)c(Cl)c(NC2=CC(=O)N(CCO)C2=O)c1. The van der Waals surface area contributed by atoms with Gasteiger partial charge in [0, 0.05) is 6.08 Å². The summed E-state index contributed by atoms with van der Waals surface area (Å²) in [7, 11) is 0. The van der Waals surface area contributed by atoms with E-state index in [1.165, 1.54) is 12.1 Å². The zero-order valence-corrected chi connectivity index (χ0v) is 12.5. The number of carboxylic acid groups (broad SMARTS) is 1. The average Bonchev–Trinajstić information content (AvgIpc) is 2.71. The number of halogens is 2. The third kappa shape index (κ3) is 3.06. The van der Waals surface area contributed by atoms with E-state index in [-0.39, 0.29) is 40.1 Å². The molecule has 3 N–H and O–H groups in total. The minimum absolute atomic E-state index is 0.00588. The Bertz CT molecular complexity index is 702. The van der Waals surface area contributed by atoms with E-state index in [0.29, 0.717) is 0 Å². The number of hydrogen-bond acceptors (Lipinski definition) is 5. The van der Waals surface area contributed by atoms with Crippen molar-refractivity contribution in [3.8, 4) is 0 Å². The van der Waals surface area contributed by atoms with Crippen LogP contribution in [0.3, 0.4) is 0 Å². The molecule has 22 heavy (non-hydrogen) atoms. The number of benzene rings is 1. The standard InChI is InChI=1S/C13H10Cl2N2O5/c14-7-3-6(13(21)22)4-8(11(7)15)16-9-5-10(19)17(1-2-18)12(9)20/h3-5,16,18H,1-2H2,(H,21,22). The van der Waals surface area contributed by atoms with Crippen LogP contribution in [0.1, 0.15) is 10.4 Å². The maximum absolute atomic E-state index is 12.0. The molecule has 0 spiro atoms. The monoisotopic (exact) mass is 344 g/mol. The Hall–Kier alpha value is -2.09. The number of carboxylic acids is 1. The van der Waals surface area contributed by atoms with E-state index in [1.807, 2.05) is 0 Å². The predicted molar refractivity (Wildman–Crippen MR) is 78.9 cm³/mol. The molecule has 1 aromatic rings. The Labute approximate surface area is 134 Å². The van der Waals surface area contributed by atoms with Crippen molar-refractivity contribution >= 4 is 46.7 Å². The summed E-state index contributed by atoms with van der Waals surface area (Å²) in [6.07, 6.45) is 1.04. The third-order valence-corrected chi connectivity index (χ3v) is 3.68. The van der Waals surface area contributed by atoms with E-state index in [9.17, 15) is 14.4 Å². The van der Waals surface area contributed by atoms with Gasteiger partial charge in [0.25, 0.3) is 11.8 Å². The van der Waals surface area contributed by atoms with Gasteiger partial charge in [-0.1, -0.05) is 23.2 Å². The predicted octanol–water partition coefficient (Wildman–Crippen LogP) is 1.35. The number of nitrogens with one attached hydrogen (secondary N) is 1. The van der Waals surface area contributed by atoms with E-state index in [2.05, 4.69) is 5.32 Å². The van der Waals surface area contributed by atoms with Crippen molar-refractivity contribution < 1.29 is 24.6 Å². The molecule has 0 radical (unpaired) electrons.